The van der Waals surface area contributed by atoms with Gasteiger partial charge in [0.15, 0.2) is 0 Å². The van der Waals surface area contributed by atoms with Crippen molar-refractivity contribution in [3.63, 3.8) is 0 Å². The number of para-hydroxylation sites is 1. The van der Waals surface area contributed by atoms with Crippen LogP contribution in [-0.4, -0.2) is 16.8 Å². The highest BCUT2D eigenvalue weighted by atomic mass is 15.2. The van der Waals surface area contributed by atoms with Gasteiger partial charge in [-0.1, -0.05) is 25.1 Å². The molecule has 2 N–H and O–H groups in total. The summed E-state index contributed by atoms with van der Waals surface area (Å²) in [6.07, 6.45) is 4.88. The van der Waals surface area contributed by atoms with Crippen LogP contribution in [0.4, 0.5) is 5.69 Å². The zero-order valence-corrected chi connectivity index (χ0v) is 11.9. The maximum absolute atomic E-state index is 6.19. The zero-order valence-electron chi connectivity index (χ0n) is 11.9. The van der Waals surface area contributed by atoms with Crippen molar-refractivity contribution in [3.8, 4) is 0 Å². The summed E-state index contributed by atoms with van der Waals surface area (Å²) >= 11 is 0. The molecule has 1 atom stereocenters. The minimum atomic E-state index is 0.0903. The van der Waals surface area contributed by atoms with Gasteiger partial charge in [0.05, 0.1) is 6.20 Å². The van der Waals surface area contributed by atoms with Gasteiger partial charge < -0.3 is 10.6 Å². The standard InChI is InChI=1S/C15H22N4/c1-4-14(16)13-7-5-6-8-15(13)18(2)10-12-9-17-19(3)11-12/h5-9,11,14H,4,10,16H2,1-3H3/t14-/m1/s1. The van der Waals surface area contributed by atoms with Crippen molar-refractivity contribution in [3.05, 3.63) is 47.8 Å². The fourth-order valence-electron chi connectivity index (χ4n) is 2.28. The highest BCUT2D eigenvalue weighted by Crippen LogP contribution is 2.26. The SMILES string of the molecule is CC[C@@H](N)c1ccccc1N(C)Cc1cnn(C)c1. The first-order valence-corrected chi connectivity index (χ1v) is 6.65. The zero-order chi connectivity index (χ0) is 13.8. The van der Waals surface area contributed by atoms with Crippen LogP contribution in [0, 0.1) is 0 Å². The Labute approximate surface area is 114 Å². The second kappa shape index (κ2) is 5.89. The molecule has 0 fully saturated rings. The van der Waals surface area contributed by atoms with E-state index in [0.717, 1.165) is 13.0 Å². The van der Waals surface area contributed by atoms with E-state index in [0.29, 0.717) is 0 Å². The molecule has 19 heavy (non-hydrogen) atoms. The number of aromatic nitrogens is 2. The molecule has 4 heteroatoms. The van der Waals surface area contributed by atoms with E-state index < -0.39 is 0 Å². The number of hydrogen-bond acceptors (Lipinski definition) is 3. The van der Waals surface area contributed by atoms with Crippen LogP contribution < -0.4 is 10.6 Å². The minimum absolute atomic E-state index is 0.0903. The Morgan fingerprint density at radius 3 is 2.74 bits per heavy atom. The van der Waals surface area contributed by atoms with Gasteiger partial charge in [0.1, 0.15) is 0 Å². The number of nitrogens with two attached hydrogens (primary N) is 1. The Morgan fingerprint density at radius 2 is 2.11 bits per heavy atom. The van der Waals surface area contributed by atoms with E-state index in [9.17, 15) is 0 Å². The second-order valence-electron chi connectivity index (χ2n) is 4.95. The fraction of sp³-hybridized carbons (Fsp3) is 0.400. The molecule has 0 spiro atoms. The molecule has 102 valence electrons. The van der Waals surface area contributed by atoms with E-state index in [1.807, 2.05) is 30.2 Å². The molecule has 1 aromatic carbocycles. The van der Waals surface area contributed by atoms with Crippen LogP contribution in [0.3, 0.4) is 0 Å². The number of aryl methyl sites for hydroxylation is 1. The summed E-state index contributed by atoms with van der Waals surface area (Å²) in [6, 6.07) is 8.44. The van der Waals surface area contributed by atoms with Crippen LogP contribution in [-0.2, 0) is 13.6 Å². The van der Waals surface area contributed by atoms with Crippen LogP contribution in [0.15, 0.2) is 36.7 Å². The molecule has 0 unspecified atom stereocenters. The third-order valence-electron chi connectivity index (χ3n) is 3.37. The summed E-state index contributed by atoms with van der Waals surface area (Å²) in [6.45, 7) is 2.95. The molecule has 0 aliphatic rings. The molecule has 0 bridgehead atoms. The molecule has 0 saturated carbocycles. The number of rotatable bonds is 5. The molecule has 0 aliphatic heterocycles. The summed E-state index contributed by atoms with van der Waals surface area (Å²) in [5.74, 6) is 0. The molecule has 2 rings (SSSR count). The van der Waals surface area contributed by atoms with Crippen molar-refractivity contribution in [2.45, 2.75) is 25.9 Å². The number of hydrogen-bond donors (Lipinski definition) is 1. The Hall–Kier alpha value is -1.81. The average molecular weight is 258 g/mol. The smallest absolute Gasteiger partial charge is 0.0539 e. The van der Waals surface area contributed by atoms with Crippen LogP contribution >= 0.6 is 0 Å². The van der Waals surface area contributed by atoms with Gasteiger partial charge >= 0.3 is 0 Å². The molecular formula is C15H22N4. The van der Waals surface area contributed by atoms with E-state index in [1.165, 1.54) is 16.8 Å². The summed E-state index contributed by atoms with van der Waals surface area (Å²) < 4.78 is 1.83. The lowest BCUT2D eigenvalue weighted by Crippen LogP contribution is -2.20. The lowest BCUT2D eigenvalue weighted by molar-refractivity contribution is 0.694. The van der Waals surface area contributed by atoms with Gasteiger partial charge in [-0.15, -0.1) is 0 Å². The van der Waals surface area contributed by atoms with Crippen molar-refractivity contribution in [2.24, 2.45) is 12.8 Å². The average Bonchev–Trinajstić information content (AvgIpc) is 2.83. The Morgan fingerprint density at radius 1 is 1.37 bits per heavy atom. The van der Waals surface area contributed by atoms with Gasteiger partial charge in [0.25, 0.3) is 0 Å². The monoisotopic (exact) mass is 258 g/mol. The summed E-state index contributed by atoms with van der Waals surface area (Å²) in [5, 5.41) is 4.20. The van der Waals surface area contributed by atoms with Gasteiger partial charge in [-0.2, -0.15) is 5.10 Å². The highest BCUT2D eigenvalue weighted by molar-refractivity contribution is 5.54. The van der Waals surface area contributed by atoms with Crippen LogP contribution in [0.5, 0.6) is 0 Å². The van der Waals surface area contributed by atoms with Crippen molar-refractivity contribution < 1.29 is 0 Å². The first-order valence-electron chi connectivity index (χ1n) is 6.65. The predicted molar refractivity (Wildman–Crippen MR) is 79.0 cm³/mol. The van der Waals surface area contributed by atoms with Crippen LogP contribution in [0.2, 0.25) is 0 Å². The first kappa shape index (κ1) is 13.6. The van der Waals surface area contributed by atoms with Crippen molar-refractivity contribution in [1.82, 2.24) is 9.78 Å². The molecular weight excluding hydrogens is 236 g/mol. The quantitative estimate of drug-likeness (QED) is 0.896. The Bertz CT molecular complexity index is 532. The van der Waals surface area contributed by atoms with Gasteiger partial charge in [0.2, 0.25) is 0 Å². The molecule has 0 saturated heterocycles. The third-order valence-corrected chi connectivity index (χ3v) is 3.37. The van der Waals surface area contributed by atoms with E-state index >= 15 is 0 Å². The molecule has 4 nitrogen and oxygen atoms in total. The van der Waals surface area contributed by atoms with E-state index in [2.05, 4.69) is 42.2 Å². The van der Waals surface area contributed by atoms with Gasteiger partial charge in [-0.3, -0.25) is 4.68 Å². The molecule has 1 heterocycles. The lowest BCUT2D eigenvalue weighted by atomic mass is 10.0. The van der Waals surface area contributed by atoms with Gasteiger partial charge in [0, 0.05) is 44.1 Å². The Balaban J connectivity index is 2.21. The third kappa shape index (κ3) is 3.15. The number of benzene rings is 1. The largest absolute Gasteiger partial charge is 0.370 e. The molecule has 0 aliphatic carbocycles. The minimum Gasteiger partial charge on any atom is -0.370 e. The van der Waals surface area contributed by atoms with Gasteiger partial charge in [-0.05, 0) is 18.1 Å². The normalized spacial score (nSPS) is 12.4. The predicted octanol–water partition coefficient (Wildman–Crippen LogP) is 2.47. The first-order chi connectivity index (χ1) is 9.11. The van der Waals surface area contributed by atoms with Crippen LogP contribution in [0.25, 0.3) is 0 Å². The number of anilines is 1. The van der Waals surface area contributed by atoms with E-state index in [1.54, 1.807) is 0 Å². The fourth-order valence-corrected chi connectivity index (χ4v) is 2.28. The molecule has 1 aromatic heterocycles. The van der Waals surface area contributed by atoms with E-state index in [4.69, 9.17) is 5.73 Å². The van der Waals surface area contributed by atoms with Crippen LogP contribution in [0.1, 0.15) is 30.5 Å². The Kier molecular flexibility index (Phi) is 4.22. The maximum atomic E-state index is 6.19. The van der Waals surface area contributed by atoms with Crippen molar-refractivity contribution in [1.29, 1.82) is 0 Å². The van der Waals surface area contributed by atoms with Crippen molar-refractivity contribution >= 4 is 5.69 Å². The van der Waals surface area contributed by atoms with E-state index in [-0.39, 0.29) is 6.04 Å². The second-order valence-corrected chi connectivity index (χ2v) is 4.95. The molecule has 0 radical (unpaired) electrons. The molecule has 2 aromatic rings. The highest BCUT2D eigenvalue weighted by Gasteiger charge is 2.12. The summed E-state index contributed by atoms with van der Waals surface area (Å²) in [5.41, 5.74) is 9.79. The van der Waals surface area contributed by atoms with Gasteiger partial charge in [-0.25, -0.2) is 0 Å². The molecule has 0 amide bonds. The summed E-state index contributed by atoms with van der Waals surface area (Å²) in [4.78, 5) is 2.22. The lowest BCUT2D eigenvalue weighted by Gasteiger charge is -2.24. The maximum Gasteiger partial charge on any atom is 0.0539 e. The van der Waals surface area contributed by atoms with Crippen molar-refractivity contribution in [2.75, 3.05) is 11.9 Å². The summed E-state index contributed by atoms with van der Waals surface area (Å²) in [7, 11) is 4.03. The number of nitrogens with zero attached hydrogens (tertiary/aromatic N) is 3. The topological polar surface area (TPSA) is 47.1 Å².